The third-order valence-corrected chi connectivity index (χ3v) is 7.23. The van der Waals surface area contributed by atoms with Crippen LogP contribution in [-0.2, 0) is 0 Å². The highest BCUT2D eigenvalue weighted by atomic mass is 16.2. The Hall–Kier alpha value is -4.11. The second-order valence-electron chi connectivity index (χ2n) is 9.92. The van der Waals surface area contributed by atoms with E-state index in [1.807, 2.05) is 59.5 Å². The smallest absolute Gasteiger partial charge is 0.253 e. The van der Waals surface area contributed by atoms with Crippen LogP contribution in [0.15, 0.2) is 60.8 Å². The number of hydrogen-bond acceptors (Lipinski definition) is 7. The van der Waals surface area contributed by atoms with Gasteiger partial charge in [0.05, 0.1) is 11.9 Å². The van der Waals surface area contributed by atoms with Gasteiger partial charge in [-0.1, -0.05) is 69.2 Å². The molecular formula is C29H34N8O. The number of nitrogens with two attached hydrogens (primary N) is 1. The molecule has 2 atom stereocenters. The second kappa shape index (κ2) is 11.5. The molecule has 4 aromatic rings. The SMILES string of the molecule is CCCC(C)C1CNCCN(C(=O)c2ccc(-c3cnc(N)c(-c4nc(-c5ccccc5)n[nH]4)n3)cc2)C1. The van der Waals surface area contributed by atoms with Crippen LogP contribution in [0.2, 0.25) is 0 Å². The Morgan fingerprint density at radius 3 is 2.66 bits per heavy atom. The zero-order chi connectivity index (χ0) is 26.5. The third-order valence-electron chi connectivity index (χ3n) is 7.23. The molecule has 0 aliphatic carbocycles. The molecule has 38 heavy (non-hydrogen) atoms. The molecule has 0 saturated carbocycles. The largest absolute Gasteiger partial charge is 0.382 e. The second-order valence-corrected chi connectivity index (χ2v) is 9.92. The summed E-state index contributed by atoms with van der Waals surface area (Å²) in [4.78, 5) is 29.0. The Morgan fingerprint density at radius 1 is 1.11 bits per heavy atom. The van der Waals surface area contributed by atoms with Gasteiger partial charge in [0, 0.05) is 36.3 Å². The molecule has 9 nitrogen and oxygen atoms in total. The molecular weight excluding hydrogens is 476 g/mol. The highest BCUT2D eigenvalue weighted by Gasteiger charge is 2.26. The van der Waals surface area contributed by atoms with E-state index < -0.39 is 0 Å². The summed E-state index contributed by atoms with van der Waals surface area (Å²) in [5.41, 5.74) is 9.61. The number of carbonyl (C=O) groups excluding carboxylic acids is 1. The van der Waals surface area contributed by atoms with Crippen molar-refractivity contribution in [1.82, 2.24) is 35.4 Å². The van der Waals surface area contributed by atoms with Crippen molar-refractivity contribution in [1.29, 1.82) is 0 Å². The van der Waals surface area contributed by atoms with Gasteiger partial charge in [-0.2, -0.15) is 5.10 Å². The van der Waals surface area contributed by atoms with Crippen LogP contribution >= 0.6 is 0 Å². The highest BCUT2D eigenvalue weighted by Crippen LogP contribution is 2.26. The summed E-state index contributed by atoms with van der Waals surface area (Å²) in [6.45, 7) is 7.78. The molecule has 0 radical (unpaired) electrons. The standard InChI is InChI=1S/C29H34N8O/c1-3-7-19(2)23-16-31-14-15-37(18-23)29(38)22-12-10-20(11-13-22)24-17-32-26(30)25(33-24)28-34-27(35-36-28)21-8-5-4-6-9-21/h4-6,8-13,17,19,23,31H,3,7,14-16,18H2,1-2H3,(H2,30,32)(H,34,35,36). The van der Waals surface area contributed by atoms with E-state index >= 15 is 0 Å². The molecule has 1 fully saturated rings. The minimum Gasteiger partial charge on any atom is -0.382 e. The molecule has 2 aromatic heterocycles. The topological polar surface area (TPSA) is 126 Å². The Labute approximate surface area is 222 Å². The maximum Gasteiger partial charge on any atom is 0.253 e. The minimum absolute atomic E-state index is 0.0631. The van der Waals surface area contributed by atoms with Crippen LogP contribution in [0.4, 0.5) is 5.82 Å². The zero-order valence-electron chi connectivity index (χ0n) is 21.9. The van der Waals surface area contributed by atoms with Crippen molar-refractivity contribution in [2.45, 2.75) is 26.7 Å². The fourth-order valence-corrected chi connectivity index (χ4v) is 4.96. The molecule has 2 aromatic carbocycles. The summed E-state index contributed by atoms with van der Waals surface area (Å²) in [6, 6.07) is 17.2. The molecule has 2 unspecified atom stereocenters. The number of nitrogens with one attached hydrogen (secondary N) is 2. The van der Waals surface area contributed by atoms with Crippen LogP contribution in [0.25, 0.3) is 34.2 Å². The molecule has 3 heterocycles. The first-order valence-electron chi connectivity index (χ1n) is 13.2. The molecule has 1 aliphatic heterocycles. The van der Waals surface area contributed by atoms with E-state index in [0.717, 1.165) is 37.2 Å². The summed E-state index contributed by atoms with van der Waals surface area (Å²) in [5.74, 6) is 2.37. The molecule has 4 N–H and O–H groups in total. The van der Waals surface area contributed by atoms with Gasteiger partial charge in [-0.05, 0) is 30.5 Å². The van der Waals surface area contributed by atoms with Crippen LogP contribution in [-0.4, -0.2) is 62.1 Å². The fourth-order valence-electron chi connectivity index (χ4n) is 4.96. The van der Waals surface area contributed by atoms with Crippen LogP contribution in [0.1, 0.15) is 37.0 Å². The fraction of sp³-hybridized carbons (Fsp3) is 0.345. The summed E-state index contributed by atoms with van der Waals surface area (Å²) in [5, 5.41) is 10.7. The maximum atomic E-state index is 13.4. The van der Waals surface area contributed by atoms with Crippen molar-refractivity contribution in [3.8, 4) is 34.2 Å². The molecule has 1 aliphatic rings. The van der Waals surface area contributed by atoms with Gasteiger partial charge in [-0.25, -0.2) is 15.0 Å². The molecule has 1 amide bonds. The van der Waals surface area contributed by atoms with Gasteiger partial charge in [0.15, 0.2) is 17.5 Å². The number of aromatic nitrogens is 5. The van der Waals surface area contributed by atoms with Crippen LogP contribution in [0, 0.1) is 11.8 Å². The maximum absolute atomic E-state index is 13.4. The van der Waals surface area contributed by atoms with Crippen molar-refractivity contribution in [2.75, 3.05) is 31.9 Å². The minimum atomic E-state index is 0.0631. The van der Waals surface area contributed by atoms with Gasteiger partial charge >= 0.3 is 0 Å². The molecule has 1 saturated heterocycles. The molecule has 196 valence electrons. The van der Waals surface area contributed by atoms with Gasteiger partial charge in [0.1, 0.15) is 5.69 Å². The number of H-pyrrole nitrogens is 1. The van der Waals surface area contributed by atoms with Gasteiger partial charge in [0.25, 0.3) is 5.91 Å². The van der Waals surface area contributed by atoms with E-state index in [1.54, 1.807) is 6.20 Å². The van der Waals surface area contributed by atoms with Crippen LogP contribution < -0.4 is 11.1 Å². The van der Waals surface area contributed by atoms with Crippen molar-refractivity contribution in [2.24, 2.45) is 11.8 Å². The summed E-state index contributed by atoms with van der Waals surface area (Å²) < 4.78 is 0. The van der Waals surface area contributed by atoms with Gasteiger partial charge < -0.3 is 16.0 Å². The Morgan fingerprint density at radius 2 is 1.89 bits per heavy atom. The molecule has 0 bridgehead atoms. The first kappa shape index (κ1) is 25.5. The van der Waals surface area contributed by atoms with Crippen molar-refractivity contribution >= 4 is 11.7 Å². The number of anilines is 1. The lowest BCUT2D eigenvalue weighted by Crippen LogP contribution is -2.37. The highest BCUT2D eigenvalue weighted by molar-refractivity contribution is 5.94. The number of benzene rings is 2. The number of carbonyl (C=O) groups is 1. The third kappa shape index (κ3) is 5.57. The van der Waals surface area contributed by atoms with E-state index in [9.17, 15) is 4.79 Å². The van der Waals surface area contributed by atoms with Gasteiger partial charge in [-0.3, -0.25) is 9.89 Å². The summed E-state index contributed by atoms with van der Waals surface area (Å²) >= 11 is 0. The predicted octanol–water partition coefficient (Wildman–Crippen LogP) is 4.28. The summed E-state index contributed by atoms with van der Waals surface area (Å²) in [7, 11) is 0. The first-order chi connectivity index (χ1) is 18.5. The first-order valence-corrected chi connectivity index (χ1v) is 13.2. The van der Waals surface area contributed by atoms with E-state index in [-0.39, 0.29) is 11.7 Å². The van der Waals surface area contributed by atoms with E-state index in [1.165, 1.54) is 6.42 Å². The lowest BCUT2D eigenvalue weighted by molar-refractivity contribution is 0.0732. The Bertz CT molecular complexity index is 1370. The quantitative estimate of drug-likeness (QED) is 0.339. The van der Waals surface area contributed by atoms with Crippen molar-refractivity contribution in [3.05, 3.63) is 66.4 Å². The van der Waals surface area contributed by atoms with E-state index in [2.05, 4.69) is 39.3 Å². The van der Waals surface area contributed by atoms with E-state index in [0.29, 0.717) is 47.0 Å². The van der Waals surface area contributed by atoms with Crippen LogP contribution in [0.3, 0.4) is 0 Å². The number of rotatable bonds is 7. The van der Waals surface area contributed by atoms with Gasteiger partial charge in [0.2, 0.25) is 0 Å². The number of nitrogens with zero attached hydrogens (tertiary/aromatic N) is 5. The number of amides is 1. The normalized spacial score (nSPS) is 16.7. The Kier molecular flexibility index (Phi) is 7.74. The average molecular weight is 511 g/mol. The van der Waals surface area contributed by atoms with Gasteiger partial charge in [-0.15, -0.1) is 0 Å². The summed E-state index contributed by atoms with van der Waals surface area (Å²) in [6.07, 6.45) is 3.97. The number of aromatic amines is 1. The van der Waals surface area contributed by atoms with Crippen molar-refractivity contribution < 1.29 is 4.79 Å². The molecule has 9 heteroatoms. The average Bonchev–Trinajstić information content (AvgIpc) is 3.31. The predicted molar refractivity (Wildman–Crippen MR) is 149 cm³/mol. The van der Waals surface area contributed by atoms with Crippen molar-refractivity contribution in [3.63, 3.8) is 0 Å². The van der Waals surface area contributed by atoms with Crippen LogP contribution in [0.5, 0.6) is 0 Å². The number of hydrogen-bond donors (Lipinski definition) is 3. The molecule has 0 spiro atoms. The lowest BCUT2D eigenvalue weighted by Gasteiger charge is -2.28. The Balaban J connectivity index is 1.34. The number of nitrogen functional groups attached to an aromatic ring is 1. The zero-order valence-corrected chi connectivity index (χ0v) is 21.9. The molecule has 5 rings (SSSR count). The monoisotopic (exact) mass is 510 g/mol. The lowest BCUT2D eigenvalue weighted by atomic mass is 9.89. The van der Waals surface area contributed by atoms with E-state index in [4.69, 9.17) is 10.7 Å².